The average Bonchev–Trinajstić information content (AvgIpc) is 2.88. The van der Waals surface area contributed by atoms with E-state index in [2.05, 4.69) is 16.3 Å². The van der Waals surface area contributed by atoms with Crippen LogP contribution in [0.2, 0.25) is 0 Å². The smallest absolute Gasteiger partial charge is 0.142 e. The first kappa shape index (κ1) is 14.5. The van der Waals surface area contributed by atoms with Gasteiger partial charge in [-0.25, -0.2) is 0 Å². The fraction of sp³-hybridized carbons (Fsp3) is 0.647. The van der Waals surface area contributed by atoms with Gasteiger partial charge in [-0.2, -0.15) is 0 Å². The third-order valence-corrected chi connectivity index (χ3v) is 4.54. The van der Waals surface area contributed by atoms with Crippen molar-refractivity contribution in [2.75, 3.05) is 38.2 Å². The third-order valence-electron chi connectivity index (χ3n) is 4.54. The van der Waals surface area contributed by atoms with Crippen molar-refractivity contribution < 1.29 is 9.47 Å². The largest absolute Gasteiger partial charge is 0.494 e. The van der Waals surface area contributed by atoms with Crippen molar-refractivity contribution in [3.8, 4) is 11.5 Å². The zero-order valence-corrected chi connectivity index (χ0v) is 13.1. The highest BCUT2D eigenvalue weighted by Crippen LogP contribution is 2.34. The van der Waals surface area contributed by atoms with Crippen molar-refractivity contribution in [3.05, 3.63) is 18.2 Å². The topological polar surface area (TPSA) is 33.7 Å². The van der Waals surface area contributed by atoms with Gasteiger partial charge in [-0.15, -0.1) is 0 Å². The lowest BCUT2D eigenvalue weighted by atomic mass is 9.94. The maximum Gasteiger partial charge on any atom is 0.142 e. The van der Waals surface area contributed by atoms with Gasteiger partial charge in [0.2, 0.25) is 0 Å². The number of nitrogens with one attached hydrogen (secondary N) is 1. The Morgan fingerprint density at radius 3 is 2.76 bits per heavy atom. The Morgan fingerprint density at radius 2 is 1.95 bits per heavy atom. The number of rotatable bonds is 6. The van der Waals surface area contributed by atoms with Gasteiger partial charge in [0.1, 0.15) is 11.5 Å². The molecule has 1 N–H and O–H groups in total. The maximum absolute atomic E-state index is 5.76. The van der Waals surface area contributed by atoms with Crippen LogP contribution in [0.4, 0.5) is 5.69 Å². The summed E-state index contributed by atoms with van der Waals surface area (Å²) in [5.74, 6) is 2.61. The minimum Gasteiger partial charge on any atom is -0.494 e. The molecule has 2 saturated heterocycles. The summed E-state index contributed by atoms with van der Waals surface area (Å²) in [4.78, 5) is 2.57. The molecule has 0 aliphatic carbocycles. The van der Waals surface area contributed by atoms with Gasteiger partial charge in [0, 0.05) is 25.2 Å². The Balaban J connectivity index is 1.76. The molecule has 4 nitrogen and oxygen atoms in total. The molecule has 21 heavy (non-hydrogen) atoms. The van der Waals surface area contributed by atoms with Gasteiger partial charge in [-0.3, -0.25) is 0 Å². The van der Waals surface area contributed by atoms with Gasteiger partial charge in [0.25, 0.3) is 0 Å². The molecule has 2 aliphatic rings. The monoisotopic (exact) mass is 290 g/mol. The van der Waals surface area contributed by atoms with Gasteiger partial charge in [0.05, 0.1) is 18.9 Å². The quantitative estimate of drug-likeness (QED) is 0.873. The number of piperidine rings is 1. The number of hydrogen-bond donors (Lipinski definition) is 1. The zero-order chi connectivity index (χ0) is 14.7. The van der Waals surface area contributed by atoms with E-state index in [4.69, 9.17) is 9.47 Å². The average molecular weight is 290 g/mol. The molecule has 0 spiro atoms. The highest BCUT2D eigenvalue weighted by atomic mass is 16.5. The van der Waals surface area contributed by atoms with Crippen molar-refractivity contribution in [3.63, 3.8) is 0 Å². The summed E-state index contributed by atoms with van der Waals surface area (Å²) >= 11 is 0. The van der Waals surface area contributed by atoms with Crippen molar-refractivity contribution in [1.29, 1.82) is 0 Å². The minimum atomic E-state index is 0.555. The van der Waals surface area contributed by atoms with Gasteiger partial charge in [-0.1, -0.05) is 0 Å². The van der Waals surface area contributed by atoms with E-state index in [9.17, 15) is 0 Å². The molecule has 0 saturated carbocycles. The molecule has 1 aromatic carbocycles. The van der Waals surface area contributed by atoms with E-state index in [0.29, 0.717) is 19.3 Å². The van der Waals surface area contributed by atoms with Crippen molar-refractivity contribution in [1.82, 2.24) is 4.90 Å². The van der Waals surface area contributed by atoms with Crippen LogP contribution in [-0.4, -0.2) is 43.8 Å². The van der Waals surface area contributed by atoms with E-state index in [1.807, 2.05) is 26.0 Å². The summed E-state index contributed by atoms with van der Waals surface area (Å²) in [7, 11) is 0. The van der Waals surface area contributed by atoms with Crippen LogP contribution in [0.3, 0.4) is 0 Å². The van der Waals surface area contributed by atoms with Crippen LogP contribution in [0, 0.1) is 5.92 Å². The SMILES string of the molecule is CCOc1ccc(OCC)c(NC2CCN3CCC2C3)c1. The van der Waals surface area contributed by atoms with E-state index in [1.165, 1.54) is 32.5 Å². The fourth-order valence-corrected chi connectivity index (χ4v) is 3.50. The molecular formula is C17H26N2O2. The normalized spacial score (nSPS) is 27.4. The lowest BCUT2D eigenvalue weighted by molar-refractivity contribution is 0.254. The molecule has 3 unspecified atom stereocenters. The lowest BCUT2D eigenvalue weighted by Gasteiger charge is -2.32. The second kappa shape index (κ2) is 6.56. The molecule has 116 valence electrons. The molecule has 0 aromatic heterocycles. The molecule has 4 heteroatoms. The molecule has 0 radical (unpaired) electrons. The summed E-state index contributed by atoms with van der Waals surface area (Å²) in [6.07, 6.45) is 2.53. The molecule has 2 bridgehead atoms. The van der Waals surface area contributed by atoms with Crippen LogP contribution in [0.15, 0.2) is 18.2 Å². The second-order valence-electron chi connectivity index (χ2n) is 5.91. The van der Waals surface area contributed by atoms with Crippen LogP contribution in [0.25, 0.3) is 0 Å². The lowest BCUT2D eigenvalue weighted by Crippen LogP contribution is -2.39. The zero-order valence-electron chi connectivity index (χ0n) is 13.1. The molecule has 2 fully saturated rings. The summed E-state index contributed by atoms with van der Waals surface area (Å²) in [6.45, 7) is 9.13. The Labute approximate surface area is 127 Å². The number of anilines is 1. The number of fused-ring (bicyclic) bond motifs is 2. The summed E-state index contributed by atoms with van der Waals surface area (Å²) in [5, 5.41) is 3.73. The standard InChI is InChI=1S/C17H26N2O2/c1-3-20-14-5-6-17(21-4-2)16(11-14)18-15-8-10-19-9-7-13(15)12-19/h5-6,11,13,15,18H,3-4,7-10,12H2,1-2H3. The molecule has 3 atom stereocenters. The van der Waals surface area contributed by atoms with Gasteiger partial charge < -0.3 is 19.7 Å². The number of nitrogens with zero attached hydrogens (tertiary/aromatic N) is 1. The predicted molar refractivity (Wildman–Crippen MR) is 85.4 cm³/mol. The minimum absolute atomic E-state index is 0.555. The summed E-state index contributed by atoms with van der Waals surface area (Å²) < 4.78 is 11.4. The molecular weight excluding hydrogens is 264 g/mol. The Bertz CT molecular complexity index is 478. The van der Waals surface area contributed by atoms with Gasteiger partial charge >= 0.3 is 0 Å². The van der Waals surface area contributed by atoms with E-state index in [0.717, 1.165) is 23.1 Å². The van der Waals surface area contributed by atoms with Crippen LogP contribution in [-0.2, 0) is 0 Å². The van der Waals surface area contributed by atoms with Crippen LogP contribution in [0.1, 0.15) is 26.7 Å². The Morgan fingerprint density at radius 1 is 1.14 bits per heavy atom. The Hall–Kier alpha value is -1.42. The van der Waals surface area contributed by atoms with Crippen LogP contribution in [0.5, 0.6) is 11.5 Å². The van der Waals surface area contributed by atoms with Crippen LogP contribution < -0.4 is 14.8 Å². The number of hydrogen-bond acceptors (Lipinski definition) is 4. The highest BCUT2D eigenvalue weighted by molar-refractivity contribution is 5.60. The van der Waals surface area contributed by atoms with Crippen molar-refractivity contribution >= 4 is 5.69 Å². The maximum atomic E-state index is 5.76. The first-order valence-corrected chi connectivity index (χ1v) is 8.18. The first-order chi connectivity index (χ1) is 10.3. The highest BCUT2D eigenvalue weighted by Gasteiger charge is 2.34. The predicted octanol–water partition coefficient (Wildman–Crippen LogP) is 2.99. The molecule has 0 amide bonds. The molecule has 1 aromatic rings. The molecule has 3 rings (SSSR count). The van der Waals surface area contributed by atoms with Crippen molar-refractivity contribution in [2.24, 2.45) is 5.92 Å². The summed E-state index contributed by atoms with van der Waals surface area (Å²) in [6, 6.07) is 6.63. The van der Waals surface area contributed by atoms with Crippen molar-refractivity contribution in [2.45, 2.75) is 32.7 Å². The Kier molecular flexibility index (Phi) is 4.54. The number of benzene rings is 1. The van der Waals surface area contributed by atoms with E-state index in [1.54, 1.807) is 0 Å². The van der Waals surface area contributed by atoms with E-state index < -0.39 is 0 Å². The van der Waals surface area contributed by atoms with Crippen LogP contribution >= 0.6 is 0 Å². The summed E-state index contributed by atoms with van der Waals surface area (Å²) in [5.41, 5.74) is 1.08. The van der Waals surface area contributed by atoms with E-state index >= 15 is 0 Å². The third kappa shape index (κ3) is 3.26. The number of ether oxygens (including phenoxy) is 2. The van der Waals surface area contributed by atoms with Gasteiger partial charge in [0.15, 0.2) is 0 Å². The van der Waals surface area contributed by atoms with E-state index in [-0.39, 0.29) is 0 Å². The van der Waals surface area contributed by atoms with Gasteiger partial charge in [-0.05, 0) is 51.3 Å². The first-order valence-electron chi connectivity index (χ1n) is 8.18. The second-order valence-corrected chi connectivity index (χ2v) is 5.91. The fourth-order valence-electron chi connectivity index (χ4n) is 3.50. The molecule has 2 aliphatic heterocycles. The molecule has 2 heterocycles.